The van der Waals surface area contributed by atoms with E-state index in [1.54, 1.807) is 0 Å². The van der Waals surface area contributed by atoms with E-state index in [1.165, 1.54) is 12.1 Å². The average molecular weight is 337 g/mol. The molecule has 2 N–H and O–H groups in total. The lowest BCUT2D eigenvalue weighted by Crippen LogP contribution is -2.62. The molecular formula is C12H11ClF6O2. The number of hydrogen-bond donors (Lipinski definition) is 2. The van der Waals surface area contributed by atoms with Crippen LogP contribution in [0, 0.1) is 5.92 Å². The van der Waals surface area contributed by atoms with Crippen LogP contribution >= 0.6 is 11.6 Å². The van der Waals surface area contributed by atoms with Gasteiger partial charge in [-0.2, -0.15) is 26.3 Å². The fourth-order valence-corrected chi connectivity index (χ4v) is 1.98. The van der Waals surface area contributed by atoms with Crippen molar-refractivity contribution in [1.82, 2.24) is 0 Å². The van der Waals surface area contributed by atoms with Gasteiger partial charge in [0.15, 0.2) is 0 Å². The van der Waals surface area contributed by atoms with Gasteiger partial charge < -0.3 is 10.2 Å². The minimum atomic E-state index is -5.99. The summed E-state index contributed by atoms with van der Waals surface area (Å²) in [5.41, 5.74) is -5.25. The normalized spacial score (nSPS) is 16.7. The number of rotatable bonds is 3. The maximum atomic E-state index is 12.7. The van der Waals surface area contributed by atoms with E-state index in [9.17, 15) is 36.6 Å². The molecular weight excluding hydrogens is 326 g/mol. The highest BCUT2D eigenvalue weighted by Crippen LogP contribution is 2.50. The first kappa shape index (κ1) is 18.1. The van der Waals surface area contributed by atoms with Crippen molar-refractivity contribution in [2.24, 2.45) is 5.92 Å². The number of benzene rings is 1. The van der Waals surface area contributed by atoms with Crippen LogP contribution in [0.1, 0.15) is 18.6 Å². The molecule has 2 unspecified atom stereocenters. The molecule has 2 atom stereocenters. The molecule has 0 aliphatic rings. The molecule has 0 aliphatic carbocycles. The van der Waals surface area contributed by atoms with Gasteiger partial charge in [-0.25, -0.2) is 0 Å². The molecule has 0 aromatic heterocycles. The lowest BCUT2D eigenvalue weighted by atomic mass is 9.81. The molecule has 0 aliphatic heterocycles. The van der Waals surface area contributed by atoms with Crippen LogP contribution in [0.25, 0.3) is 0 Å². The quantitative estimate of drug-likeness (QED) is 0.823. The Kier molecular flexibility index (Phi) is 4.87. The second-order valence-electron chi connectivity index (χ2n) is 4.55. The Balaban J connectivity index is 3.24. The number of aliphatic hydroxyl groups excluding tert-OH is 1. The maximum Gasteiger partial charge on any atom is 0.426 e. The number of alkyl halides is 6. The zero-order valence-electron chi connectivity index (χ0n) is 10.5. The minimum Gasteiger partial charge on any atom is -0.388 e. The zero-order chi connectivity index (χ0) is 16.6. The third-order valence-electron chi connectivity index (χ3n) is 3.21. The van der Waals surface area contributed by atoms with Gasteiger partial charge in [0.25, 0.3) is 5.60 Å². The molecule has 1 aromatic carbocycles. The Labute approximate surface area is 121 Å². The van der Waals surface area contributed by atoms with Crippen LogP contribution in [-0.2, 0) is 0 Å². The van der Waals surface area contributed by atoms with Crippen molar-refractivity contribution in [3.05, 3.63) is 34.9 Å². The highest BCUT2D eigenvalue weighted by Gasteiger charge is 2.73. The Hall–Kier alpha value is -0.990. The molecule has 0 heterocycles. The smallest absolute Gasteiger partial charge is 0.388 e. The Morgan fingerprint density at radius 1 is 0.952 bits per heavy atom. The third-order valence-corrected chi connectivity index (χ3v) is 3.46. The van der Waals surface area contributed by atoms with E-state index >= 15 is 0 Å². The van der Waals surface area contributed by atoms with Gasteiger partial charge in [-0.1, -0.05) is 30.7 Å². The molecule has 2 nitrogen and oxygen atoms in total. The van der Waals surface area contributed by atoms with E-state index in [0.29, 0.717) is 6.92 Å². The summed E-state index contributed by atoms with van der Waals surface area (Å²) in [4.78, 5) is 0. The van der Waals surface area contributed by atoms with Crippen molar-refractivity contribution < 1.29 is 36.6 Å². The van der Waals surface area contributed by atoms with E-state index in [1.807, 2.05) is 0 Å². The van der Waals surface area contributed by atoms with Crippen LogP contribution in [0.3, 0.4) is 0 Å². The topological polar surface area (TPSA) is 40.5 Å². The first-order valence-corrected chi connectivity index (χ1v) is 5.99. The molecule has 0 fully saturated rings. The van der Waals surface area contributed by atoms with Gasteiger partial charge in [0.1, 0.15) is 0 Å². The lowest BCUT2D eigenvalue weighted by molar-refractivity contribution is -0.389. The maximum absolute atomic E-state index is 12.7. The van der Waals surface area contributed by atoms with Crippen LogP contribution in [0.2, 0.25) is 5.02 Å². The van der Waals surface area contributed by atoms with Crippen LogP contribution in [0.5, 0.6) is 0 Å². The van der Waals surface area contributed by atoms with Crippen LogP contribution in [0.15, 0.2) is 24.3 Å². The van der Waals surface area contributed by atoms with Gasteiger partial charge in [-0.05, 0) is 17.7 Å². The van der Waals surface area contributed by atoms with E-state index in [4.69, 9.17) is 11.6 Å². The molecule has 0 amide bonds. The molecule has 0 bridgehead atoms. The molecule has 0 saturated heterocycles. The Morgan fingerprint density at radius 3 is 1.67 bits per heavy atom. The van der Waals surface area contributed by atoms with E-state index in [0.717, 1.165) is 12.1 Å². The predicted octanol–water partition coefficient (Wildman–Crippen LogP) is 3.87. The first-order valence-electron chi connectivity index (χ1n) is 5.61. The van der Waals surface area contributed by atoms with Gasteiger partial charge in [0, 0.05) is 10.9 Å². The summed E-state index contributed by atoms with van der Waals surface area (Å²) >= 11 is 5.54. The van der Waals surface area contributed by atoms with Crippen molar-refractivity contribution >= 4 is 11.6 Å². The van der Waals surface area contributed by atoms with E-state index < -0.39 is 30.0 Å². The summed E-state index contributed by atoms with van der Waals surface area (Å²) in [5, 5.41) is 19.1. The van der Waals surface area contributed by atoms with Crippen molar-refractivity contribution in [1.29, 1.82) is 0 Å². The van der Waals surface area contributed by atoms with Crippen LogP contribution in [0.4, 0.5) is 26.3 Å². The monoisotopic (exact) mass is 336 g/mol. The summed E-state index contributed by atoms with van der Waals surface area (Å²) in [5.74, 6) is -2.57. The summed E-state index contributed by atoms with van der Waals surface area (Å²) in [6.07, 6.45) is -14.2. The van der Waals surface area contributed by atoms with Gasteiger partial charge in [0.05, 0.1) is 6.10 Å². The summed E-state index contributed by atoms with van der Waals surface area (Å²) < 4.78 is 76.1. The third kappa shape index (κ3) is 3.27. The Bertz CT molecular complexity index is 468. The average Bonchev–Trinajstić information content (AvgIpc) is 2.34. The van der Waals surface area contributed by atoms with Gasteiger partial charge in [-0.15, -0.1) is 0 Å². The van der Waals surface area contributed by atoms with Crippen molar-refractivity contribution in [3.8, 4) is 0 Å². The number of halogens is 7. The summed E-state index contributed by atoms with van der Waals surface area (Å²) in [7, 11) is 0. The Morgan fingerprint density at radius 2 is 1.33 bits per heavy atom. The molecule has 9 heteroatoms. The van der Waals surface area contributed by atoms with Gasteiger partial charge >= 0.3 is 12.4 Å². The second-order valence-corrected chi connectivity index (χ2v) is 4.98. The highest BCUT2D eigenvalue weighted by atomic mass is 35.5. The standard InChI is InChI=1S/C12H11ClF6O2/c1-6(9(20)7-2-4-8(13)5-3-7)10(21,11(14,15)16)12(17,18)19/h2-6,9,20-21H,1H3. The second kappa shape index (κ2) is 5.66. The SMILES string of the molecule is CC(C(O)c1ccc(Cl)cc1)C(O)(C(F)(F)F)C(F)(F)F. The van der Waals surface area contributed by atoms with Crippen molar-refractivity contribution in [2.45, 2.75) is 31.0 Å². The van der Waals surface area contributed by atoms with Gasteiger partial charge in [-0.3, -0.25) is 0 Å². The fraction of sp³-hybridized carbons (Fsp3) is 0.500. The van der Waals surface area contributed by atoms with Gasteiger partial charge in [0.2, 0.25) is 0 Å². The van der Waals surface area contributed by atoms with Crippen LogP contribution < -0.4 is 0 Å². The van der Waals surface area contributed by atoms with E-state index in [2.05, 4.69) is 0 Å². The van der Waals surface area contributed by atoms with Crippen molar-refractivity contribution in [2.75, 3.05) is 0 Å². The molecule has 21 heavy (non-hydrogen) atoms. The predicted molar refractivity (Wildman–Crippen MR) is 62.6 cm³/mol. The molecule has 120 valence electrons. The lowest BCUT2D eigenvalue weighted by Gasteiger charge is -2.39. The molecule has 1 rings (SSSR count). The fourth-order valence-electron chi connectivity index (χ4n) is 1.85. The number of hydrogen-bond acceptors (Lipinski definition) is 2. The summed E-state index contributed by atoms with van der Waals surface area (Å²) in [6, 6.07) is 4.56. The minimum absolute atomic E-state index is 0.195. The first-order chi connectivity index (χ1) is 9.32. The number of aliphatic hydroxyl groups is 2. The molecule has 0 saturated carbocycles. The summed E-state index contributed by atoms with van der Waals surface area (Å²) in [6.45, 7) is 0.472. The largest absolute Gasteiger partial charge is 0.426 e. The molecule has 0 spiro atoms. The highest BCUT2D eigenvalue weighted by molar-refractivity contribution is 6.30. The van der Waals surface area contributed by atoms with E-state index in [-0.39, 0.29) is 10.6 Å². The van der Waals surface area contributed by atoms with Crippen molar-refractivity contribution in [3.63, 3.8) is 0 Å². The molecule has 0 radical (unpaired) electrons. The van der Waals surface area contributed by atoms with Crippen LogP contribution in [-0.4, -0.2) is 28.2 Å². The zero-order valence-corrected chi connectivity index (χ0v) is 11.3. The molecule has 1 aromatic rings.